The Balaban J connectivity index is 1.31. The Morgan fingerprint density at radius 3 is 2.70 bits per heavy atom. The van der Waals surface area contributed by atoms with Crippen LogP contribution in [0.3, 0.4) is 0 Å². The third-order valence-corrected chi connectivity index (χ3v) is 5.32. The van der Waals surface area contributed by atoms with E-state index in [-0.39, 0.29) is 19.3 Å². The highest BCUT2D eigenvalue weighted by Crippen LogP contribution is 2.37. The second-order valence-corrected chi connectivity index (χ2v) is 7.45. The molecule has 0 saturated carbocycles. The fourth-order valence-electron chi connectivity index (χ4n) is 3.61. The van der Waals surface area contributed by atoms with Crippen LogP contribution in [0, 0.1) is 0 Å². The van der Waals surface area contributed by atoms with E-state index in [2.05, 4.69) is 32.0 Å². The highest BCUT2D eigenvalue weighted by Gasteiger charge is 2.28. The maximum Gasteiger partial charge on any atom is 0.260 e. The minimum absolute atomic E-state index is 0.0335. The van der Waals surface area contributed by atoms with Crippen LogP contribution in [-0.2, 0) is 4.79 Å². The summed E-state index contributed by atoms with van der Waals surface area (Å²) in [6, 6.07) is 14.0. The monoisotopic (exact) mass is 367 g/mol. The number of nitrogens with zero attached hydrogens (tertiary/aromatic N) is 1. The molecule has 0 aromatic heterocycles. The van der Waals surface area contributed by atoms with E-state index in [4.69, 9.17) is 14.2 Å². The van der Waals surface area contributed by atoms with Crippen molar-refractivity contribution in [3.05, 3.63) is 53.6 Å². The molecule has 1 unspecified atom stereocenters. The summed E-state index contributed by atoms with van der Waals surface area (Å²) in [7, 11) is 0. The first kappa shape index (κ1) is 17.7. The summed E-state index contributed by atoms with van der Waals surface area (Å²) in [5.41, 5.74) is 2.46. The van der Waals surface area contributed by atoms with Crippen molar-refractivity contribution in [1.82, 2.24) is 4.90 Å². The fraction of sp³-hybridized carbons (Fsp3) is 0.409. The predicted molar refractivity (Wildman–Crippen MR) is 103 cm³/mol. The number of benzene rings is 2. The van der Waals surface area contributed by atoms with Crippen LogP contribution < -0.4 is 14.2 Å². The molecule has 2 aliphatic rings. The van der Waals surface area contributed by atoms with Crippen molar-refractivity contribution in [2.45, 2.75) is 32.1 Å². The smallest absolute Gasteiger partial charge is 0.260 e. The number of hydrogen-bond acceptors (Lipinski definition) is 4. The second kappa shape index (κ2) is 7.51. The van der Waals surface area contributed by atoms with E-state index in [1.165, 1.54) is 11.1 Å². The van der Waals surface area contributed by atoms with Gasteiger partial charge in [0.1, 0.15) is 5.75 Å². The topological polar surface area (TPSA) is 48.0 Å². The van der Waals surface area contributed by atoms with E-state index in [0.29, 0.717) is 18.4 Å². The third-order valence-electron chi connectivity index (χ3n) is 5.32. The van der Waals surface area contributed by atoms with Gasteiger partial charge in [-0.1, -0.05) is 32.0 Å². The van der Waals surface area contributed by atoms with Crippen molar-refractivity contribution < 1.29 is 19.0 Å². The van der Waals surface area contributed by atoms with Crippen LogP contribution in [-0.4, -0.2) is 37.3 Å². The molecule has 142 valence electrons. The van der Waals surface area contributed by atoms with Gasteiger partial charge < -0.3 is 19.1 Å². The van der Waals surface area contributed by atoms with E-state index in [0.717, 1.165) is 30.2 Å². The van der Waals surface area contributed by atoms with Gasteiger partial charge in [0.15, 0.2) is 18.1 Å². The highest BCUT2D eigenvalue weighted by atomic mass is 16.7. The summed E-state index contributed by atoms with van der Waals surface area (Å²) in [4.78, 5) is 14.4. The standard InChI is InChI=1S/C22H25NO4/c1-15(2)16-3-6-19(7-4-16)25-13-22(24)23-10-9-18(12-23)17-5-8-20-21(11-17)27-14-26-20/h3-8,11,15,18H,9-10,12-14H2,1-2H3. The molecule has 2 heterocycles. The summed E-state index contributed by atoms with van der Waals surface area (Å²) in [5, 5.41) is 0. The number of carbonyl (C=O) groups is 1. The molecule has 1 atom stereocenters. The molecule has 0 N–H and O–H groups in total. The number of carbonyl (C=O) groups excluding carboxylic acids is 1. The lowest BCUT2D eigenvalue weighted by Gasteiger charge is -2.17. The molecule has 2 aliphatic heterocycles. The number of likely N-dealkylation sites (tertiary alicyclic amines) is 1. The molecular formula is C22H25NO4. The molecule has 5 nitrogen and oxygen atoms in total. The zero-order valence-electron chi connectivity index (χ0n) is 15.8. The van der Waals surface area contributed by atoms with Gasteiger partial charge in [0.2, 0.25) is 6.79 Å². The molecule has 0 bridgehead atoms. The molecular weight excluding hydrogens is 342 g/mol. The highest BCUT2D eigenvalue weighted by molar-refractivity contribution is 5.78. The van der Waals surface area contributed by atoms with Crippen LogP contribution in [0.1, 0.15) is 43.2 Å². The second-order valence-electron chi connectivity index (χ2n) is 7.45. The SMILES string of the molecule is CC(C)c1ccc(OCC(=O)N2CCC(c3ccc4c(c3)OCO4)C2)cc1. The van der Waals surface area contributed by atoms with Crippen molar-refractivity contribution in [1.29, 1.82) is 0 Å². The number of hydrogen-bond donors (Lipinski definition) is 0. The van der Waals surface area contributed by atoms with E-state index in [1.807, 2.05) is 29.2 Å². The maximum atomic E-state index is 12.5. The normalized spacial score (nSPS) is 18.2. The van der Waals surface area contributed by atoms with Crippen LogP contribution in [0.25, 0.3) is 0 Å². The molecule has 27 heavy (non-hydrogen) atoms. The van der Waals surface area contributed by atoms with Crippen LogP contribution in [0.15, 0.2) is 42.5 Å². The van der Waals surface area contributed by atoms with Crippen LogP contribution in [0.5, 0.6) is 17.2 Å². The summed E-state index contributed by atoms with van der Waals surface area (Å²) in [5.74, 6) is 3.17. The Bertz CT molecular complexity index is 816. The van der Waals surface area contributed by atoms with Crippen molar-refractivity contribution in [2.24, 2.45) is 0 Å². The van der Waals surface area contributed by atoms with E-state index < -0.39 is 0 Å². The van der Waals surface area contributed by atoms with Gasteiger partial charge in [-0.2, -0.15) is 0 Å². The molecule has 2 aromatic carbocycles. The molecule has 4 rings (SSSR count). The minimum Gasteiger partial charge on any atom is -0.484 e. The van der Waals surface area contributed by atoms with Gasteiger partial charge in [0, 0.05) is 19.0 Å². The van der Waals surface area contributed by atoms with Gasteiger partial charge in [-0.15, -0.1) is 0 Å². The largest absolute Gasteiger partial charge is 0.484 e. The van der Waals surface area contributed by atoms with Crippen molar-refractivity contribution in [3.8, 4) is 17.2 Å². The fourth-order valence-corrected chi connectivity index (χ4v) is 3.61. The van der Waals surface area contributed by atoms with Gasteiger partial charge in [0.05, 0.1) is 0 Å². The predicted octanol–water partition coefficient (Wildman–Crippen LogP) is 3.93. The lowest BCUT2D eigenvalue weighted by Crippen LogP contribution is -2.32. The van der Waals surface area contributed by atoms with E-state index >= 15 is 0 Å². The Kier molecular flexibility index (Phi) is 4.92. The van der Waals surface area contributed by atoms with Crippen LogP contribution >= 0.6 is 0 Å². The molecule has 1 amide bonds. The number of ether oxygens (including phenoxy) is 3. The molecule has 5 heteroatoms. The number of amides is 1. The Morgan fingerprint density at radius 1 is 1.15 bits per heavy atom. The van der Waals surface area contributed by atoms with Crippen molar-refractivity contribution >= 4 is 5.91 Å². The van der Waals surface area contributed by atoms with Gasteiger partial charge in [-0.3, -0.25) is 4.79 Å². The lowest BCUT2D eigenvalue weighted by atomic mass is 9.98. The quantitative estimate of drug-likeness (QED) is 0.803. The van der Waals surface area contributed by atoms with Crippen molar-refractivity contribution in [3.63, 3.8) is 0 Å². The zero-order chi connectivity index (χ0) is 18.8. The summed E-state index contributed by atoms with van der Waals surface area (Å²) < 4.78 is 16.5. The minimum atomic E-state index is 0.0335. The summed E-state index contributed by atoms with van der Waals surface area (Å²) in [6.45, 7) is 6.15. The first-order valence-corrected chi connectivity index (χ1v) is 9.50. The Labute approximate surface area is 159 Å². The first-order valence-electron chi connectivity index (χ1n) is 9.50. The lowest BCUT2D eigenvalue weighted by molar-refractivity contribution is -0.132. The number of rotatable bonds is 5. The Hall–Kier alpha value is -2.69. The molecule has 1 fully saturated rings. The maximum absolute atomic E-state index is 12.5. The average Bonchev–Trinajstić information content (AvgIpc) is 3.35. The number of fused-ring (bicyclic) bond motifs is 1. The van der Waals surface area contributed by atoms with E-state index in [1.54, 1.807) is 0 Å². The Morgan fingerprint density at radius 2 is 1.93 bits per heavy atom. The molecule has 1 saturated heterocycles. The molecule has 0 aliphatic carbocycles. The molecule has 0 radical (unpaired) electrons. The third kappa shape index (κ3) is 3.87. The summed E-state index contributed by atoms with van der Waals surface area (Å²) in [6.07, 6.45) is 0.953. The molecule has 0 spiro atoms. The zero-order valence-corrected chi connectivity index (χ0v) is 15.8. The van der Waals surface area contributed by atoms with Crippen LogP contribution in [0.4, 0.5) is 0 Å². The first-order chi connectivity index (χ1) is 13.1. The van der Waals surface area contributed by atoms with Gasteiger partial charge in [0.25, 0.3) is 5.91 Å². The molecule has 2 aromatic rings. The van der Waals surface area contributed by atoms with Gasteiger partial charge in [-0.25, -0.2) is 0 Å². The van der Waals surface area contributed by atoms with Crippen LogP contribution in [0.2, 0.25) is 0 Å². The van der Waals surface area contributed by atoms with E-state index in [9.17, 15) is 4.79 Å². The van der Waals surface area contributed by atoms with Crippen molar-refractivity contribution in [2.75, 3.05) is 26.5 Å². The van der Waals surface area contributed by atoms with Gasteiger partial charge in [-0.05, 0) is 47.7 Å². The van der Waals surface area contributed by atoms with Gasteiger partial charge >= 0.3 is 0 Å². The average molecular weight is 367 g/mol. The summed E-state index contributed by atoms with van der Waals surface area (Å²) >= 11 is 0.